The number of hydrogen-bond acceptors (Lipinski definition) is 3. The van der Waals surface area contributed by atoms with Crippen molar-refractivity contribution >= 4 is 21.4 Å². The van der Waals surface area contributed by atoms with E-state index in [0.717, 1.165) is 17.8 Å². The second kappa shape index (κ2) is 5.11. The molecule has 0 aliphatic heterocycles. The quantitative estimate of drug-likeness (QED) is 0.783. The second-order valence-corrected chi connectivity index (χ2v) is 5.68. The molecule has 3 heteroatoms. The van der Waals surface area contributed by atoms with Crippen LogP contribution >= 0.6 is 11.3 Å². The third-order valence-electron chi connectivity index (χ3n) is 3.29. The highest BCUT2D eigenvalue weighted by molar-refractivity contribution is 7.17. The minimum atomic E-state index is -0.0436. The van der Waals surface area contributed by atoms with Crippen LogP contribution in [0.4, 0.5) is 0 Å². The molecule has 0 radical (unpaired) electrons. The molecule has 1 aromatic carbocycles. The van der Waals surface area contributed by atoms with Gasteiger partial charge in [-0.2, -0.15) is 0 Å². The van der Waals surface area contributed by atoms with Crippen LogP contribution in [0.25, 0.3) is 10.1 Å². The Hall–Kier alpha value is -1.71. The van der Waals surface area contributed by atoms with E-state index in [-0.39, 0.29) is 6.04 Å². The topological polar surface area (TPSA) is 38.9 Å². The van der Waals surface area contributed by atoms with Crippen molar-refractivity contribution in [3.8, 4) is 0 Å². The fraction of sp³-hybridized carbons (Fsp3) is 0.188. The molecule has 0 aliphatic carbocycles. The summed E-state index contributed by atoms with van der Waals surface area (Å²) in [6.07, 6.45) is 0.834. The molecule has 96 valence electrons. The monoisotopic (exact) mass is 268 g/mol. The van der Waals surface area contributed by atoms with Gasteiger partial charge in [-0.25, -0.2) is 0 Å². The first-order valence-electron chi connectivity index (χ1n) is 6.38. The van der Waals surface area contributed by atoms with Gasteiger partial charge in [0.2, 0.25) is 0 Å². The van der Waals surface area contributed by atoms with Crippen LogP contribution in [0.2, 0.25) is 0 Å². The highest BCUT2D eigenvalue weighted by Crippen LogP contribution is 2.28. The molecular weight excluding hydrogens is 252 g/mol. The first-order valence-corrected chi connectivity index (χ1v) is 7.26. The highest BCUT2D eigenvalue weighted by atomic mass is 32.1. The number of nitrogens with two attached hydrogens (primary N) is 1. The van der Waals surface area contributed by atoms with E-state index in [1.807, 2.05) is 25.1 Å². The number of aromatic nitrogens is 1. The summed E-state index contributed by atoms with van der Waals surface area (Å²) in [5.41, 5.74) is 9.59. The Labute approximate surface area is 116 Å². The van der Waals surface area contributed by atoms with Crippen molar-refractivity contribution in [2.45, 2.75) is 19.4 Å². The van der Waals surface area contributed by atoms with Crippen molar-refractivity contribution in [1.29, 1.82) is 0 Å². The molecule has 0 amide bonds. The summed E-state index contributed by atoms with van der Waals surface area (Å²) in [6, 6.07) is 14.4. The molecule has 0 aliphatic rings. The zero-order valence-electron chi connectivity index (χ0n) is 10.8. The number of nitrogens with zero attached hydrogens (tertiary/aromatic N) is 1. The number of aryl methyl sites for hydroxylation is 1. The predicted molar refractivity (Wildman–Crippen MR) is 81.4 cm³/mol. The van der Waals surface area contributed by atoms with E-state index in [1.165, 1.54) is 15.6 Å². The molecular formula is C16H16N2S. The smallest absolute Gasteiger partial charge is 0.0577 e. The summed E-state index contributed by atoms with van der Waals surface area (Å²) < 4.78 is 1.32. The second-order valence-electron chi connectivity index (χ2n) is 4.77. The summed E-state index contributed by atoms with van der Waals surface area (Å²) in [5.74, 6) is 0. The molecule has 0 bridgehead atoms. The maximum atomic E-state index is 6.29. The van der Waals surface area contributed by atoms with Crippen molar-refractivity contribution in [3.05, 3.63) is 64.8 Å². The zero-order valence-corrected chi connectivity index (χ0v) is 11.7. The average Bonchev–Trinajstić information content (AvgIpc) is 2.82. The van der Waals surface area contributed by atoms with Crippen LogP contribution in [0, 0.1) is 6.92 Å². The van der Waals surface area contributed by atoms with Gasteiger partial charge < -0.3 is 5.73 Å². The van der Waals surface area contributed by atoms with Crippen LogP contribution in [0.15, 0.2) is 47.8 Å². The summed E-state index contributed by atoms with van der Waals surface area (Å²) in [6.45, 7) is 2.00. The van der Waals surface area contributed by atoms with E-state index in [9.17, 15) is 0 Å². The zero-order chi connectivity index (χ0) is 13.2. The lowest BCUT2D eigenvalue weighted by atomic mass is 10.0. The Bertz CT molecular complexity index is 703. The van der Waals surface area contributed by atoms with Crippen molar-refractivity contribution in [3.63, 3.8) is 0 Å². The van der Waals surface area contributed by atoms with E-state index in [2.05, 4.69) is 34.6 Å². The van der Waals surface area contributed by atoms with Crippen LogP contribution in [0.3, 0.4) is 0 Å². The number of thiophene rings is 1. The van der Waals surface area contributed by atoms with Crippen molar-refractivity contribution in [1.82, 2.24) is 4.98 Å². The first-order chi connectivity index (χ1) is 9.24. The molecule has 0 saturated heterocycles. The molecule has 2 N–H and O–H groups in total. The lowest BCUT2D eigenvalue weighted by molar-refractivity contribution is 0.697. The molecule has 2 aromatic heterocycles. The summed E-state index contributed by atoms with van der Waals surface area (Å²) in [4.78, 5) is 4.51. The molecule has 0 spiro atoms. The third-order valence-corrected chi connectivity index (χ3v) is 4.30. The molecule has 0 fully saturated rings. The van der Waals surface area contributed by atoms with Gasteiger partial charge in [0.1, 0.15) is 0 Å². The average molecular weight is 268 g/mol. The van der Waals surface area contributed by atoms with Crippen molar-refractivity contribution < 1.29 is 0 Å². The summed E-state index contributed by atoms with van der Waals surface area (Å²) in [5, 5.41) is 3.52. The van der Waals surface area contributed by atoms with Gasteiger partial charge in [-0.05, 0) is 47.9 Å². The van der Waals surface area contributed by atoms with Gasteiger partial charge in [-0.3, -0.25) is 4.98 Å². The van der Waals surface area contributed by atoms with Gasteiger partial charge in [0.25, 0.3) is 0 Å². The number of pyridine rings is 1. The third kappa shape index (κ3) is 2.53. The molecule has 19 heavy (non-hydrogen) atoms. The standard InChI is InChI=1S/C16H16N2S/c1-11-5-4-7-15(18-11)14(17)9-12-10-19-16-8-3-2-6-13(12)16/h2-8,10,14H,9,17H2,1H3. The summed E-state index contributed by atoms with van der Waals surface area (Å²) >= 11 is 1.78. The largest absolute Gasteiger partial charge is 0.322 e. The SMILES string of the molecule is Cc1cccc(C(N)Cc2csc3ccccc23)n1. The Morgan fingerprint density at radius 3 is 2.84 bits per heavy atom. The van der Waals surface area contributed by atoms with E-state index >= 15 is 0 Å². The molecule has 2 heterocycles. The maximum Gasteiger partial charge on any atom is 0.0577 e. The molecule has 3 rings (SSSR count). The molecule has 1 atom stereocenters. The number of fused-ring (bicyclic) bond motifs is 1. The Morgan fingerprint density at radius 1 is 1.16 bits per heavy atom. The summed E-state index contributed by atoms with van der Waals surface area (Å²) in [7, 11) is 0. The van der Waals surface area contributed by atoms with Crippen LogP contribution in [-0.4, -0.2) is 4.98 Å². The lowest BCUT2D eigenvalue weighted by Crippen LogP contribution is -2.15. The maximum absolute atomic E-state index is 6.29. The van der Waals surface area contributed by atoms with Gasteiger partial charge in [-0.15, -0.1) is 11.3 Å². The van der Waals surface area contributed by atoms with Gasteiger partial charge in [-0.1, -0.05) is 24.3 Å². The van der Waals surface area contributed by atoms with Crippen LogP contribution in [0.1, 0.15) is 23.0 Å². The normalized spacial score (nSPS) is 12.7. The van der Waals surface area contributed by atoms with Gasteiger partial charge in [0.15, 0.2) is 0 Å². The Morgan fingerprint density at radius 2 is 2.00 bits per heavy atom. The number of rotatable bonds is 3. The predicted octanol–water partition coefficient (Wildman–Crippen LogP) is 3.85. The lowest BCUT2D eigenvalue weighted by Gasteiger charge is -2.11. The van der Waals surface area contributed by atoms with E-state index in [0.29, 0.717) is 0 Å². The van der Waals surface area contributed by atoms with Crippen molar-refractivity contribution in [2.75, 3.05) is 0 Å². The van der Waals surface area contributed by atoms with Crippen LogP contribution in [0.5, 0.6) is 0 Å². The minimum absolute atomic E-state index is 0.0436. The molecule has 3 aromatic rings. The van der Waals surface area contributed by atoms with Gasteiger partial charge in [0.05, 0.1) is 11.7 Å². The fourth-order valence-corrected chi connectivity index (χ4v) is 3.28. The first kappa shape index (κ1) is 12.3. The van der Waals surface area contributed by atoms with E-state index < -0.39 is 0 Å². The Kier molecular flexibility index (Phi) is 3.32. The van der Waals surface area contributed by atoms with Gasteiger partial charge >= 0.3 is 0 Å². The van der Waals surface area contributed by atoms with Crippen LogP contribution in [-0.2, 0) is 6.42 Å². The van der Waals surface area contributed by atoms with Gasteiger partial charge in [0, 0.05) is 10.4 Å². The van der Waals surface area contributed by atoms with E-state index in [4.69, 9.17) is 5.73 Å². The molecule has 1 unspecified atom stereocenters. The molecule has 0 saturated carbocycles. The number of hydrogen-bond donors (Lipinski definition) is 1. The molecule has 2 nitrogen and oxygen atoms in total. The van der Waals surface area contributed by atoms with Crippen LogP contribution < -0.4 is 5.73 Å². The fourth-order valence-electron chi connectivity index (χ4n) is 2.30. The Balaban J connectivity index is 1.89. The number of benzene rings is 1. The minimum Gasteiger partial charge on any atom is -0.322 e. The van der Waals surface area contributed by atoms with E-state index in [1.54, 1.807) is 11.3 Å². The highest BCUT2D eigenvalue weighted by Gasteiger charge is 2.11. The van der Waals surface area contributed by atoms with Crippen molar-refractivity contribution in [2.24, 2.45) is 5.73 Å².